The molecule has 0 radical (unpaired) electrons. The lowest BCUT2D eigenvalue weighted by Crippen LogP contribution is -2.33. The average molecular weight is 318 g/mol. The van der Waals surface area contributed by atoms with Crippen molar-refractivity contribution in [1.29, 1.82) is 0 Å². The summed E-state index contributed by atoms with van der Waals surface area (Å²) in [5.74, 6) is 0.347. The van der Waals surface area contributed by atoms with Gasteiger partial charge in [-0.2, -0.15) is 4.31 Å². The number of hydrogen-bond acceptors (Lipinski definition) is 6. The van der Waals surface area contributed by atoms with E-state index in [0.29, 0.717) is 23.7 Å². The van der Waals surface area contributed by atoms with Gasteiger partial charge in [0, 0.05) is 38.3 Å². The van der Waals surface area contributed by atoms with E-state index in [1.54, 1.807) is 29.9 Å². The smallest absolute Gasteiger partial charge is 0.262 e. The lowest BCUT2D eigenvalue weighted by Gasteiger charge is -2.20. The third-order valence-corrected chi connectivity index (χ3v) is 5.71. The molecule has 0 aliphatic heterocycles. The number of aromatic nitrogens is 2. The lowest BCUT2D eigenvalue weighted by atomic mass is 10.4. The molecule has 0 aromatic carbocycles. The second kappa shape index (κ2) is 6.08. The first-order valence-corrected chi connectivity index (χ1v) is 8.62. The Kier molecular flexibility index (Phi) is 4.63. The van der Waals surface area contributed by atoms with Crippen LogP contribution in [0.1, 0.15) is 13.3 Å². The normalized spacial score (nSPS) is 12.4. The van der Waals surface area contributed by atoms with E-state index < -0.39 is 10.0 Å². The zero-order valence-electron chi connectivity index (χ0n) is 11.4. The molecule has 0 amide bonds. The summed E-state index contributed by atoms with van der Waals surface area (Å²) in [7, 11) is -2.00. The lowest BCUT2D eigenvalue weighted by molar-refractivity contribution is 0.271. The first-order valence-electron chi connectivity index (χ1n) is 6.30. The standard InChI is InChI=1S/C11H18N4O3S2/c1-3-14(5-4-7-16)20(17,18)10-9(12-2)13-11-15(10)6-8-19-11/h6,8,12,16H,3-5,7H2,1-2H3. The van der Waals surface area contributed by atoms with Crippen LogP contribution in [0.15, 0.2) is 16.6 Å². The minimum atomic E-state index is -3.65. The van der Waals surface area contributed by atoms with Gasteiger partial charge in [0.25, 0.3) is 10.0 Å². The SMILES string of the molecule is CCN(CCCO)S(=O)(=O)c1c(NC)nc2sccn12. The topological polar surface area (TPSA) is 86.9 Å². The van der Waals surface area contributed by atoms with Gasteiger partial charge in [0.2, 0.25) is 0 Å². The summed E-state index contributed by atoms with van der Waals surface area (Å²) in [4.78, 5) is 4.90. The van der Waals surface area contributed by atoms with E-state index in [-0.39, 0.29) is 18.2 Å². The largest absolute Gasteiger partial charge is 0.396 e. The molecule has 0 aliphatic rings. The number of thiazole rings is 1. The van der Waals surface area contributed by atoms with Crippen LogP contribution in [0.3, 0.4) is 0 Å². The van der Waals surface area contributed by atoms with E-state index in [1.165, 1.54) is 15.6 Å². The zero-order valence-corrected chi connectivity index (χ0v) is 13.0. The summed E-state index contributed by atoms with van der Waals surface area (Å²) < 4.78 is 28.5. The Morgan fingerprint density at radius 3 is 2.90 bits per heavy atom. The molecule has 0 aliphatic carbocycles. The van der Waals surface area contributed by atoms with Gasteiger partial charge in [0.05, 0.1) is 0 Å². The van der Waals surface area contributed by atoms with Crippen molar-refractivity contribution in [2.24, 2.45) is 0 Å². The van der Waals surface area contributed by atoms with E-state index >= 15 is 0 Å². The summed E-state index contributed by atoms with van der Waals surface area (Å²) in [6, 6.07) is 0. The van der Waals surface area contributed by atoms with Crippen LogP contribution in [0.4, 0.5) is 5.82 Å². The average Bonchev–Trinajstić information content (AvgIpc) is 2.98. The summed E-state index contributed by atoms with van der Waals surface area (Å²) in [5, 5.41) is 13.7. The fourth-order valence-electron chi connectivity index (χ4n) is 1.99. The maximum Gasteiger partial charge on any atom is 0.262 e. The molecule has 2 rings (SSSR count). The Morgan fingerprint density at radius 1 is 1.55 bits per heavy atom. The van der Waals surface area contributed by atoms with Crippen LogP contribution in [-0.4, -0.2) is 54.0 Å². The molecule has 0 fully saturated rings. The van der Waals surface area contributed by atoms with Crippen LogP contribution in [0.5, 0.6) is 0 Å². The predicted octanol–water partition coefficient (Wildman–Crippen LogP) is 0.831. The van der Waals surface area contributed by atoms with Crippen molar-refractivity contribution in [2.45, 2.75) is 18.4 Å². The van der Waals surface area contributed by atoms with Crippen molar-refractivity contribution in [3.05, 3.63) is 11.6 Å². The van der Waals surface area contributed by atoms with Crippen molar-refractivity contribution >= 4 is 32.1 Å². The molecule has 9 heteroatoms. The Hall–Kier alpha value is -1.16. The number of sulfonamides is 1. The monoisotopic (exact) mass is 318 g/mol. The van der Waals surface area contributed by atoms with Crippen molar-refractivity contribution in [1.82, 2.24) is 13.7 Å². The van der Waals surface area contributed by atoms with Gasteiger partial charge >= 0.3 is 0 Å². The highest BCUT2D eigenvalue weighted by molar-refractivity contribution is 7.89. The van der Waals surface area contributed by atoms with Gasteiger partial charge in [-0.05, 0) is 6.42 Å². The van der Waals surface area contributed by atoms with Gasteiger partial charge in [0.1, 0.15) is 0 Å². The highest BCUT2D eigenvalue weighted by Gasteiger charge is 2.30. The molecule has 0 saturated carbocycles. The molecule has 0 unspecified atom stereocenters. The first-order chi connectivity index (χ1) is 9.56. The molecular formula is C11H18N4O3S2. The molecule has 20 heavy (non-hydrogen) atoms. The summed E-state index contributed by atoms with van der Waals surface area (Å²) >= 11 is 1.38. The van der Waals surface area contributed by atoms with Gasteiger partial charge in [-0.3, -0.25) is 4.40 Å². The maximum absolute atomic E-state index is 12.8. The molecular weight excluding hydrogens is 300 g/mol. The Labute approximate surface area is 121 Å². The van der Waals surface area contributed by atoms with Crippen LogP contribution in [0.2, 0.25) is 0 Å². The van der Waals surface area contributed by atoms with Crippen molar-refractivity contribution in [2.75, 3.05) is 32.1 Å². The molecule has 0 saturated heterocycles. The number of imidazole rings is 1. The second-order valence-electron chi connectivity index (χ2n) is 4.15. The van der Waals surface area contributed by atoms with Gasteiger partial charge in [-0.1, -0.05) is 6.92 Å². The third-order valence-electron chi connectivity index (χ3n) is 2.96. The van der Waals surface area contributed by atoms with Gasteiger partial charge in [-0.25, -0.2) is 13.4 Å². The molecule has 2 aromatic heterocycles. The predicted molar refractivity (Wildman–Crippen MR) is 78.8 cm³/mol. The highest BCUT2D eigenvalue weighted by Crippen LogP contribution is 2.27. The molecule has 112 valence electrons. The van der Waals surface area contributed by atoms with E-state index in [2.05, 4.69) is 10.3 Å². The Balaban J connectivity index is 2.51. The number of nitrogens with zero attached hydrogens (tertiary/aromatic N) is 3. The van der Waals surface area contributed by atoms with Crippen LogP contribution >= 0.6 is 11.3 Å². The molecule has 2 heterocycles. The quantitative estimate of drug-likeness (QED) is 0.789. The maximum atomic E-state index is 12.8. The number of aliphatic hydroxyl groups excluding tert-OH is 1. The number of fused-ring (bicyclic) bond motifs is 1. The molecule has 2 aromatic rings. The Morgan fingerprint density at radius 2 is 2.30 bits per heavy atom. The van der Waals surface area contributed by atoms with Crippen LogP contribution in [0, 0.1) is 0 Å². The fourth-order valence-corrected chi connectivity index (χ4v) is 4.51. The van der Waals surface area contributed by atoms with E-state index in [9.17, 15) is 8.42 Å². The van der Waals surface area contributed by atoms with Crippen molar-refractivity contribution in [3.8, 4) is 0 Å². The Bertz CT molecular complexity index is 677. The molecule has 2 N–H and O–H groups in total. The first kappa shape index (κ1) is 15.2. The van der Waals surface area contributed by atoms with Crippen molar-refractivity contribution in [3.63, 3.8) is 0 Å². The molecule has 0 bridgehead atoms. The number of hydrogen-bond donors (Lipinski definition) is 2. The summed E-state index contributed by atoms with van der Waals surface area (Å²) in [6.45, 7) is 2.38. The fraction of sp³-hybridized carbons (Fsp3) is 0.545. The van der Waals surface area contributed by atoms with Gasteiger partial charge in [-0.15, -0.1) is 11.3 Å². The third kappa shape index (κ3) is 2.53. The second-order valence-corrected chi connectivity index (χ2v) is 6.87. The summed E-state index contributed by atoms with van der Waals surface area (Å²) in [5.41, 5.74) is 0. The number of rotatable bonds is 7. The summed E-state index contributed by atoms with van der Waals surface area (Å²) in [6.07, 6.45) is 2.11. The number of anilines is 1. The minimum Gasteiger partial charge on any atom is -0.396 e. The van der Waals surface area contributed by atoms with E-state index in [4.69, 9.17) is 5.11 Å². The zero-order chi connectivity index (χ0) is 14.8. The number of aliphatic hydroxyl groups is 1. The molecule has 7 nitrogen and oxygen atoms in total. The van der Waals surface area contributed by atoms with Crippen LogP contribution in [0.25, 0.3) is 4.96 Å². The number of nitrogens with one attached hydrogen (secondary N) is 1. The molecule has 0 atom stereocenters. The minimum absolute atomic E-state index is 0.0365. The molecule has 0 spiro atoms. The highest BCUT2D eigenvalue weighted by atomic mass is 32.2. The van der Waals surface area contributed by atoms with E-state index in [1.807, 2.05) is 0 Å². The van der Waals surface area contributed by atoms with Gasteiger partial charge < -0.3 is 10.4 Å². The van der Waals surface area contributed by atoms with E-state index in [0.717, 1.165) is 0 Å². The van der Waals surface area contributed by atoms with Crippen LogP contribution in [-0.2, 0) is 10.0 Å². The van der Waals surface area contributed by atoms with Gasteiger partial charge in [0.15, 0.2) is 15.8 Å². The van der Waals surface area contributed by atoms with Crippen LogP contribution < -0.4 is 5.32 Å². The van der Waals surface area contributed by atoms with Crippen molar-refractivity contribution < 1.29 is 13.5 Å².